The van der Waals surface area contributed by atoms with E-state index >= 15 is 0 Å². The average Bonchev–Trinajstić information content (AvgIpc) is 2.81. The molecule has 0 radical (unpaired) electrons. The molecule has 0 spiro atoms. The van der Waals surface area contributed by atoms with E-state index in [1.165, 1.54) is 12.1 Å². The molecular weight excluding hydrogens is 474 g/mol. The van der Waals surface area contributed by atoms with Gasteiger partial charge in [0.2, 0.25) is 0 Å². The van der Waals surface area contributed by atoms with E-state index in [0.29, 0.717) is 31.4 Å². The third kappa shape index (κ3) is 9.48. The average molecular weight is 516 g/mol. The van der Waals surface area contributed by atoms with Crippen molar-refractivity contribution < 1.29 is 27.1 Å². The van der Waals surface area contributed by atoms with Crippen LogP contribution in [0.5, 0.6) is 0 Å². The number of hydrogen-bond acceptors (Lipinski definition) is 5. The molecule has 0 fully saturated rings. The third-order valence-electron chi connectivity index (χ3n) is 6.04. The summed E-state index contributed by atoms with van der Waals surface area (Å²) in [5.74, 6) is -1.52. The second-order valence-electron chi connectivity index (χ2n) is 8.88. The summed E-state index contributed by atoms with van der Waals surface area (Å²) in [4.78, 5) is 13.0. The van der Waals surface area contributed by atoms with E-state index in [4.69, 9.17) is 16.2 Å². The lowest BCUT2D eigenvalue weighted by atomic mass is 9.95. The van der Waals surface area contributed by atoms with Crippen LogP contribution in [0.4, 0.5) is 17.6 Å². The molecule has 5 N–H and O–H groups in total. The fraction of sp³-hybridized carbons (Fsp3) is 0.593. The number of nitrogens with one attached hydrogen (secondary N) is 1. The van der Waals surface area contributed by atoms with Crippen LogP contribution in [0, 0.1) is 11.7 Å². The van der Waals surface area contributed by atoms with Crippen LogP contribution in [0.25, 0.3) is 5.57 Å². The molecule has 9 heteroatoms. The minimum absolute atomic E-state index is 0.0698. The summed E-state index contributed by atoms with van der Waals surface area (Å²) < 4.78 is 59.6. The quantitative estimate of drug-likeness (QED) is 0.145. The van der Waals surface area contributed by atoms with Gasteiger partial charge in [-0.15, -0.1) is 0 Å². The first-order valence-corrected chi connectivity index (χ1v) is 12.7. The molecule has 1 atom stereocenters. The van der Waals surface area contributed by atoms with Crippen LogP contribution >= 0.6 is 0 Å². The minimum atomic E-state index is -4.84. The normalized spacial score (nSPS) is 14.0. The smallest absolute Gasteiger partial charge is 0.419 e. The van der Waals surface area contributed by atoms with E-state index in [9.17, 15) is 22.4 Å². The van der Waals surface area contributed by atoms with E-state index in [-0.39, 0.29) is 22.5 Å². The lowest BCUT2D eigenvalue weighted by Gasteiger charge is -2.20. The van der Waals surface area contributed by atoms with Gasteiger partial charge < -0.3 is 21.5 Å². The lowest BCUT2D eigenvalue weighted by molar-refractivity contribution is -0.140. The Hall–Kier alpha value is -2.55. The topological polar surface area (TPSA) is 90.4 Å². The molecule has 204 valence electrons. The highest BCUT2D eigenvalue weighted by Gasteiger charge is 2.35. The molecule has 36 heavy (non-hydrogen) atoms. The number of esters is 1. The molecular formula is C27H41F4N3O2. The number of carbonyl (C=O) groups excluding carboxylic acids is 1. The highest BCUT2D eigenvalue weighted by Crippen LogP contribution is 2.34. The first kappa shape index (κ1) is 31.5. The Kier molecular flexibility index (Phi) is 13.6. The summed E-state index contributed by atoms with van der Waals surface area (Å²) in [6.45, 7) is 7.98. The minimum Gasteiger partial charge on any atom is -0.457 e. The molecule has 1 aromatic carbocycles. The maximum atomic E-state index is 14.7. The van der Waals surface area contributed by atoms with Gasteiger partial charge in [0.15, 0.2) is 0 Å². The molecule has 0 bridgehead atoms. The predicted molar refractivity (Wildman–Crippen MR) is 136 cm³/mol. The molecule has 0 aliphatic rings. The molecule has 1 aromatic rings. The van der Waals surface area contributed by atoms with Crippen LogP contribution in [-0.2, 0) is 15.7 Å². The van der Waals surface area contributed by atoms with Crippen molar-refractivity contribution in [3.8, 4) is 0 Å². The second kappa shape index (κ2) is 15.5. The molecule has 5 nitrogen and oxygen atoms in total. The van der Waals surface area contributed by atoms with E-state index in [1.54, 1.807) is 13.8 Å². The zero-order valence-electron chi connectivity index (χ0n) is 21.8. The summed E-state index contributed by atoms with van der Waals surface area (Å²) in [6, 6.07) is 2.33. The van der Waals surface area contributed by atoms with Gasteiger partial charge in [-0.05, 0) is 36.8 Å². The lowest BCUT2D eigenvalue weighted by Crippen LogP contribution is -2.36. The van der Waals surface area contributed by atoms with Gasteiger partial charge in [0.25, 0.3) is 0 Å². The fourth-order valence-electron chi connectivity index (χ4n) is 4.13. The predicted octanol–water partition coefficient (Wildman–Crippen LogP) is 6.28. The maximum absolute atomic E-state index is 14.7. The number of rotatable bonds is 15. The fourth-order valence-corrected chi connectivity index (χ4v) is 4.13. The Bertz CT molecular complexity index is 891. The maximum Gasteiger partial charge on any atom is 0.419 e. The van der Waals surface area contributed by atoms with Gasteiger partial charge in [0.05, 0.1) is 11.1 Å². The Morgan fingerprint density at radius 2 is 1.75 bits per heavy atom. The number of halogens is 4. The number of carbonyl (C=O) groups is 1. The van der Waals surface area contributed by atoms with Crippen molar-refractivity contribution in [1.29, 1.82) is 0 Å². The summed E-state index contributed by atoms with van der Waals surface area (Å²) >= 11 is 0. The molecule has 0 saturated heterocycles. The van der Waals surface area contributed by atoms with Gasteiger partial charge in [0.1, 0.15) is 18.2 Å². The van der Waals surface area contributed by atoms with Crippen LogP contribution in [0.1, 0.15) is 83.8 Å². The monoisotopic (exact) mass is 515 g/mol. The number of allylic oxidation sites excluding steroid dienone is 1. The van der Waals surface area contributed by atoms with Gasteiger partial charge in [-0.25, -0.2) is 9.18 Å². The van der Waals surface area contributed by atoms with Crippen molar-refractivity contribution in [3.05, 3.63) is 52.6 Å². The largest absolute Gasteiger partial charge is 0.457 e. The first-order chi connectivity index (χ1) is 17.0. The van der Waals surface area contributed by atoms with Crippen LogP contribution in [0.3, 0.4) is 0 Å². The van der Waals surface area contributed by atoms with E-state index < -0.39 is 36.2 Å². The second-order valence-corrected chi connectivity index (χ2v) is 8.88. The summed E-state index contributed by atoms with van der Waals surface area (Å²) in [5.41, 5.74) is 10.9. The van der Waals surface area contributed by atoms with Gasteiger partial charge >= 0.3 is 12.1 Å². The van der Waals surface area contributed by atoms with Crippen molar-refractivity contribution >= 4 is 11.5 Å². The zero-order valence-corrected chi connectivity index (χ0v) is 21.8. The SMILES string of the molecule is CC/C=C(\COC(=O)/C(=C(\N)NCCC(CCC)CCC)C(N)CC)c1cccc(C(F)(F)F)c1F. The summed E-state index contributed by atoms with van der Waals surface area (Å²) in [5, 5.41) is 3.08. The van der Waals surface area contributed by atoms with Crippen LogP contribution in [0.2, 0.25) is 0 Å². The van der Waals surface area contributed by atoms with Crippen molar-refractivity contribution in [2.24, 2.45) is 17.4 Å². The van der Waals surface area contributed by atoms with Crippen molar-refractivity contribution in [3.63, 3.8) is 0 Å². The third-order valence-corrected chi connectivity index (χ3v) is 6.04. The molecule has 0 heterocycles. The zero-order chi connectivity index (χ0) is 27.3. The number of benzene rings is 1. The van der Waals surface area contributed by atoms with Gasteiger partial charge in [-0.1, -0.05) is 71.6 Å². The number of nitrogens with two attached hydrogens (primary N) is 2. The molecule has 0 amide bonds. The molecule has 0 aromatic heterocycles. The first-order valence-electron chi connectivity index (χ1n) is 12.7. The molecule has 0 aliphatic carbocycles. The number of alkyl halides is 3. The van der Waals surface area contributed by atoms with E-state index in [0.717, 1.165) is 38.2 Å². The molecule has 1 rings (SSSR count). The molecule has 1 unspecified atom stereocenters. The Morgan fingerprint density at radius 3 is 2.28 bits per heavy atom. The number of ether oxygens (including phenoxy) is 1. The van der Waals surface area contributed by atoms with Gasteiger partial charge in [-0.2, -0.15) is 13.2 Å². The molecule has 0 saturated carbocycles. The van der Waals surface area contributed by atoms with Crippen molar-refractivity contribution in [2.75, 3.05) is 13.2 Å². The Balaban J connectivity index is 3.06. The Morgan fingerprint density at radius 1 is 1.11 bits per heavy atom. The van der Waals surface area contributed by atoms with Crippen LogP contribution in [-0.4, -0.2) is 25.2 Å². The Labute approximate surface area is 212 Å². The molecule has 0 aliphatic heterocycles. The summed E-state index contributed by atoms with van der Waals surface area (Å²) in [6.07, 6.45) is 2.81. The van der Waals surface area contributed by atoms with Gasteiger partial charge in [0, 0.05) is 18.2 Å². The standard InChI is InChI=1S/C27H41F4N3O2/c1-5-10-18(11-6-2)15-16-34-25(33)23(22(32)8-4)26(35)36-17-19(12-7-3)20-13-9-14-21(24(20)28)27(29,30)31/h9,12-14,18,22,34H,5-8,10-11,15-17,32-33H2,1-4H3/b19-12+,25-23+. The van der Waals surface area contributed by atoms with Crippen LogP contribution in [0.15, 0.2) is 35.7 Å². The highest BCUT2D eigenvalue weighted by atomic mass is 19.4. The van der Waals surface area contributed by atoms with Gasteiger partial charge in [-0.3, -0.25) is 0 Å². The van der Waals surface area contributed by atoms with Crippen LogP contribution < -0.4 is 16.8 Å². The van der Waals surface area contributed by atoms with E-state index in [2.05, 4.69) is 19.2 Å². The summed E-state index contributed by atoms with van der Waals surface area (Å²) in [7, 11) is 0. The van der Waals surface area contributed by atoms with Crippen molar-refractivity contribution in [1.82, 2.24) is 5.32 Å². The van der Waals surface area contributed by atoms with Crippen molar-refractivity contribution in [2.45, 2.75) is 84.9 Å². The number of hydrogen-bond donors (Lipinski definition) is 3. The highest BCUT2D eigenvalue weighted by molar-refractivity contribution is 5.91. The van der Waals surface area contributed by atoms with E-state index in [1.807, 2.05) is 0 Å².